The predicted molar refractivity (Wildman–Crippen MR) is 48.5 cm³/mol. The van der Waals surface area contributed by atoms with E-state index in [9.17, 15) is 0 Å². The van der Waals surface area contributed by atoms with E-state index in [1.165, 1.54) is 0 Å². The Kier molecular flexibility index (Phi) is 1.56. The lowest BCUT2D eigenvalue weighted by Crippen LogP contribution is -2.06. The summed E-state index contributed by atoms with van der Waals surface area (Å²) in [5.74, 6) is 0. The fraction of sp³-hybridized carbons (Fsp3) is 0.100. The molecule has 0 radical (unpaired) electrons. The van der Waals surface area contributed by atoms with Crippen LogP contribution in [0, 0.1) is 11.3 Å². The number of rotatable bonds is 0. The summed E-state index contributed by atoms with van der Waals surface area (Å²) < 4.78 is 0. The molecule has 0 amide bonds. The van der Waals surface area contributed by atoms with Crippen molar-refractivity contribution in [3.8, 4) is 6.07 Å². The van der Waals surface area contributed by atoms with Crippen LogP contribution in [0.2, 0.25) is 0 Å². The first kappa shape index (κ1) is 6.93. The summed E-state index contributed by atoms with van der Waals surface area (Å²) in [6, 6.07) is 10.0. The van der Waals surface area contributed by atoms with E-state index in [1.807, 2.05) is 30.3 Å². The zero-order valence-electron chi connectivity index (χ0n) is 6.54. The molecule has 12 heavy (non-hydrogen) atoms. The molecule has 1 aromatic rings. The van der Waals surface area contributed by atoms with Gasteiger partial charge in [0.25, 0.3) is 0 Å². The quantitative estimate of drug-likeness (QED) is 0.623. The second-order valence-electron chi connectivity index (χ2n) is 2.66. The van der Waals surface area contributed by atoms with Crippen LogP contribution in [-0.4, -0.2) is 6.54 Å². The smallest absolute Gasteiger partial charge is 0.0996 e. The molecule has 0 atom stereocenters. The van der Waals surface area contributed by atoms with Gasteiger partial charge in [-0.2, -0.15) is 5.26 Å². The highest BCUT2D eigenvalue weighted by atomic mass is 14.9. The molecular formula is C10H8N2. The topological polar surface area (TPSA) is 35.8 Å². The zero-order chi connectivity index (χ0) is 8.39. The maximum absolute atomic E-state index is 8.79. The number of para-hydroxylation sites is 1. The Hall–Kier alpha value is -1.75. The first-order valence-corrected chi connectivity index (χ1v) is 3.85. The third kappa shape index (κ3) is 0.960. The van der Waals surface area contributed by atoms with Gasteiger partial charge in [0.05, 0.1) is 11.6 Å². The monoisotopic (exact) mass is 156 g/mol. The SMILES string of the molecule is N#CC1=CCNc2ccccc21. The average Bonchev–Trinajstić information content (AvgIpc) is 2.17. The molecule has 0 spiro atoms. The maximum atomic E-state index is 8.79. The van der Waals surface area contributed by atoms with Crippen molar-refractivity contribution in [2.24, 2.45) is 0 Å². The number of benzene rings is 1. The van der Waals surface area contributed by atoms with E-state index < -0.39 is 0 Å². The molecule has 0 bridgehead atoms. The third-order valence-corrected chi connectivity index (χ3v) is 1.94. The summed E-state index contributed by atoms with van der Waals surface area (Å²) in [7, 11) is 0. The lowest BCUT2D eigenvalue weighted by atomic mass is 10.0. The number of hydrogen-bond acceptors (Lipinski definition) is 2. The van der Waals surface area contributed by atoms with Gasteiger partial charge in [-0.1, -0.05) is 18.2 Å². The molecule has 0 unspecified atom stereocenters. The molecule has 1 aromatic carbocycles. The summed E-state index contributed by atoms with van der Waals surface area (Å²) in [6.45, 7) is 0.750. The van der Waals surface area contributed by atoms with Crippen molar-refractivity contribution in [2.75, 3.05) is 11.9 Å². The van der Waals surface area contributed by atoms with Crippen molar-refractivity contribution in [3.63, 3.8) is 0 Å². The summed E-state index contributed by atoms with van der Waals surface area (Å²) in [4.78, 5) is 0. The zero-order valence-corrected chi connectivity index (χ0v) is 6.54. The van der Waals surface area contributed by atoms with E-state index in [0.717, 1.165) is 23.4 Å². The van der Waals surface area contributed by atoms with Crippen molar-refractivity contribution in [2.45, 2.75) is 0 Å². The molecule has 0 aliphatic carbocycles. The first-order chi connectivity index (χ1) is 5.92. The molecule has 0 aromatic heterocycles. The van der Waals surface area contributed by atoms with Crippen molar-refractivity contribution < 1.29 is 0 Å². The average molecular weight is 156 g/mol. The van der Waals surface area contributed by atoms with Crippen LogP contribution in [0.1, 0.15) is 5.56 Å². The lowest BCUT2D eigenvalue weighted by molar-refractivity contribution is 1.29. The Labute approximate surface area is 71.1 Å². The lowest BCUT2D eigenvalue weighted by Gasteiger charge is -2.14. The van der Waals surface area contributed by atoms with Crippen LogP contribution in [0.3, 0.4) is 0 Å². The molecule has 2 heteroatoms. The van der Waals surface area contributed by atoms with E-state index in [2.05, 4.69) is 11.4 Å². The summed E-state index contributed by atoms with van der Waals surface area (Å²) in [6.07, 6.45) is 1.91. The van der Waals surface area contributed by atoms with Gasteiger partial charge in [0.1, 0.15) is 0 Å². The fourth-order valence-electron chi connectivity index (χ4n) is 1.35. The largest absolute Gasteiger partial charge is 0.381 e. The summed E-state index contributed by atoms with van der Waals surface area (Å²) in [5.41, 5.74) is 2.83. The minimum atomic E-state index is 0.750. The Bertz CT molecular complexity index is 372. The second-order valence-corrected chi connectivity index (χ2v) is 2.66. The van der Waals surface area contributed by atoms with E-state index in [4.69, 9.17) is 5.26 Å². The van der Waals surface area contributed by atoms with E-state index in [-0.39, 0.29) is 0 Å². The van der Waals surface area contributed by atoms with Gasteiger partial charge in [-0.05, 0) is 12.1 Å². The van der Waals surface area contributed by atoms with Gasteiger partial charge in [-0.15, -0.1) is 0 Å². The minimum absolute atomic E-state index is 0.750. The van der Waals surface area contributed by atoms with Crippen LogP contribution in [0.15, 0.2) is 30.3 Å². The van der Waals surface area contributed by atoms with Gasteiger partial charge in [-0.3, -0.25) is 0 Å². The molecule has 0 saturated carbocycles. The van der Waals surface area contributed by atoms with Crippen molar-refractivity contribution >= 4 is 11.3 Å². The number of allylic oxidation sites excluding steroid dienone is 1. The summed E-state index contributed by atoms with van der Waals surface area (Å²) >= 11 is 0. The molecule has 0 fully saturated rings. The van der Waals surface area contributed by atoms with Gasteiger partial charge in [-0.25, -0.2) is 0 Å². The van der Waals surface area contributed by atoms with Crippen LogP contribution < -0.4 is 5.32 Å². The molecule has 1 heterocycles. The molecule has 58 valence electrons. The normalized spacial score (nSPS) is 13.8. The van der Waals surface area contributed by atoms with Crippen LogP contribution >= 0.6 is 0 Å². The molecule has 1 aliphatic rings. The second kappa shape index (κ2) is 2.71. The number of hydrogen-bond donors (Lipinski definition) is 1. The number of fused-ring (bicyclic) bond motifs is 1. The molecular weight excluding hydrogens is 148 g/mol. The van der Waals surface area contributed by atoms with Crippen LogP contribution in [0.25, 0.3) is 5.57 Å². The maximum Gasteiger partial charge on any atom is 0.0996 e. The fourth-order valence-corrected chi connectivity index (χ4v) is 1.35. The van der Waals surface area contributed by atoms with Crippen LogP contribution in [0.4, 0.5) is 5.69 Å². The van der Waals surface area contributed by atoms with Gasteiger partial charge < -0.3 is 5.32 Å². The standard InChI is InChI=1S/C10H8N2/c11-7-8-5-6-12-10-4-2-1-3-9(8)10/h1-5,12H,6H2. The molecule has 1 aliphatic heterocycles. The molecule has 0 saturated heterocycles. The summed E-state index contributed by atoms with van der Waals surface area (Å²) in [5, 5.41) is 12.0. The van der Waals surface area contributed by atoms with E-state index in [0.29, 0.717) is 0 Å². The van der Waals surface area contributed by atoms with Crippen molar-refractivity contribution in [1.29, 1.82) is 5.26 Å². The Morgan fingerprint density at radius 2 is 2.17 bits per heavy atom. The van der Waals surface area contributed by atoms with Gasteiger partial charge in [0.15, 0.2) is 0 Å². The minimum Gasteiger partial charge on any atom is -0.381 e. The van der Waals surface area contributed by atoms with Crippen molar-refractivity contribution in [1.82, 2.24) is 0 Å². The Balaban J connectivity index is 2.57. The highest BCUT2D eigenvalue weighted by molar-refractivity contribution is 5.86. The molecule has 2 rings (SSSR count). The molecule has 2 nitrogen and oxygen atoms in total. The van der Waals surface area contributed by atoms with Crippen LogP contribution in [0.5, 0.6) is 0 Å². The number of nitrogens with zero attached hydrogens (tertiary/aromatic N) is 1. The highest BCUT2D eigenvalue weighted by Gasteiger charge is 2.09. The number of nitrogens with one attached hydrogen (secondary N) is 1. The van der Waals surface area contributed by atoms with E-state index in [1.54, 1.807) is 0 Å². The Morgan fingerprint density at radius 1 is 1.33 bits per heavy atom. The van der Waals surface area contributed by atoms with Crippen molar-refractivity contribution in [3.05, 3.63) is 35.9 Å². The number of nitriles is 1. The first-order valence-electron chi connectivity index (χ1n) is 3.85. The van der Waals surface area contributed by atoms with Crippen LogP contribution in [-0.2, 0) is 0 Å². The third-order valence-electron chi connectivity index (χ3n) is 1.94. The number of anilines is 1. The van der Waals surface area contributed by atoms with Gasteiger partial charge in [0, 0.05) is 17.8 Å². The van der Waals surface area contributed by atoms with Gasteiger partial charge in [0.2, 0.25) is 0 Å². The van der Waals surface area contributed by atoms with E-state index >= 15 is 0 Å². The Morgan fingerprint density at radius 3 is 3.00 bits per heavy atom. The highest BCUT2D eigenvalue weighted by Crippen LogP contribution is 2.25. The molecule has 1 N–H and O–H groups in total. The predicted octanol–water partition coefficient (Wildman–Crippen LogP) is 2.02. The van der Waals surface area contributed by atoms with Gasteiger partial charge >= 0.3 is 0 Å².